The molecule has 1 amide bonds. The van der Waals surface area contributed by atoms with Crippen molar-refractivity contribution in [1.82, 2.24) is 5.32 Å². The van der Waals surface area contributed by atoms with E-state index in [0.29, 0.717) is 18.9 Å². The average Bonchev–Trinajstić information content (AvgIpc) is 2.85. The van der Waals surface area contributed by atoms with E-state index in [-0.39, 0.29) is 11.7 Å². The SMILES string of the molecule is N/C(=N\O)C1(C(=O)NC2CC2)CCC1. The van der Waals surface area contributed by atoms with Crippen LogP contribution < -0.4 is 11.1 Å². The molecule has 78 valence electrons. The number of carbonyl (C=O) groups is 1. The van der Waals surface area contributed by atoms with Crippen LogP contribution in [-0.2, 0) is 4.79 Å². The minimum Gasteiger partial charge on any atom is -0.409 e. The molecule has 2 aliphatic rings. The number of rotatable bonds is 3. The Hall–Kier alpha value is -1.26. The van der Waals surface area contributed by atoms with Gasteiger partial charge in [0.05, 0.1) is 0 Å². The van der Waals surface area contributed by atoms with Crippen molar-refractivity contribution < 1.29 is 10.0 Å². The molecule has 0 bridgehead atoms. The molecule has 0 aromatic carbocycles. The van der Waals surface area contributed by atoms with E-state index in [1.54, 1.807) is 0 Å². The van der Waals surface area contributed by atoms with Crippen molar-refractivity contribution in [2.75, 3.05) is 0 Å². The van der Waals surface area contributed by atoms with E-state index >= 15 is 0 Å². The first-order valence-corrected chi connectivity index (χ1v) is 4.98. The van der Waals surface area contributed by atoms with E-state index in [1.165, 1.54) is 0 Å². The highest BCUT2D eigenvalue weighted by Gasteiger charge is 2.49. The lowest BCUT2D eigenvalue weighted by Gasteiger charge is -2.38. The first kappa shape index (κ1) is 9.30. The van der Waals surface area contributed by atoms with E-state index in [1.807, 2.05) is 0 Å². The predicted octanol–water partition coefficient (Wildman–Crippen LogP) is 0.182. The van der Waals surface area contributed by atoms with Gasteiger partial charge in [0.1, 0.15) is 5.41 Å². The quantitative estimate of drug-likeness (QED) is 0.261. The van der Waals surface area contributed by atoms with Crippen LogP contribution in [-0.4, -0.2) is 23.0 Å². The Kier molecular flexibility index (Phi) is 2.09. The van der Waals surface area contributed by atoms with E-state index in [0.717, 1.165) is 19.3 Å². The van der Waals surface area contributed by atoms with E-state index in [2.05, 4.69) is 10.5 Å². The van der Waals surface area contributed by atoms with Crippen molar-refractivity contribution in [3.63, 3.8) is 0 Å². The van der Waals surface area contributed by atoms with Gasteiger partial charge in [0.25, 0.3) is 0 Å². The van der Waals surface area contributed by atoms with Crippen LogP contribution in [0.4, 0.5) is 0 Å². The van der Waals surface area contributed by atoms with Gasteiger partial charge < -0.3 is 16.3 Å². The second-order valence-electron chi connectivity index (χ2n) is 4.17. The second kappa shape index (κ2) is 3.15. The van der Waals surface area contributed by atoms with Crippen LogP contribution in [0.2, 0.25) is 0 Å². The number of carbonyl (C=O) groups excluding carboxylic acids is 1. The van der Waals surface area contributed by atoms with Gasteiger partial charge in [-0.05, 0) is 25.7 Å². The summed E-state index contributed by atoms with van der Waals surface area (Å²) in [7, 11) is 0. The minimum absolute atomic E-state index is 0.0573. The van der Waals surface area contributed by atoms with Crippen molar-refractivity contribution in [3.8, 4) is 0 Å². The molecule has 2 saturated carbocycles. The number of oxime groups is 1. The molecule has 5 heteroatoms. The van der Waals surface area contributed by atoms with E-state index < -0.39 is 5.41 Å². The summed E-state index contributed by atoms with van der Waals surface area (Å²) in [6.45, 7) is 0. The standard InChI is InChI=1S/C9H15N3O2/c10-7(12-14)9(4-1-5-9)8(13)11-6-2-3-6/h6,14H,1-5H2,(H2,10,12)(H,11,13). The van der Waals surface area contributed by atoms with Crippen molar-refractivity contribution in [3.05, 3.63) is 0 Å². The molecule has 0 aromatic rings. The molecule has 5 nitrogen and oxygen atoms in total. The predicted molar refractivity (Wildman–Crippen MR) is 50.9 cm³/mol. The van der Waals surface area contributed by atoms with Gasteiger partial charge in [-0.25, -0.2) is 0 Å². The van der Waals surface area contributed by atoms with Crippen LogP contribution in [0.1, 0.15) is 32.1 Å². The summed E-state index contributed by atoms with van der Waals surface area (Å²) in [5.74, 6) is -0.0107. The Morgan fingerprint density at radius 3 is 2.50 bits per heavy atom. The van der Waals surface area contributed by atoms with Gasteiger partial charge in [-0.3, -0.25) is 4.79 Å². The summed E-state index contributed by atoms with van der Waals surface area (Å²) in [6.07, 6.45) is 4.47. The number of amidine groups is 1. The normalized spacial score (nSPS) is 25.3. The van der Waals surface area contributed by atoms with Gasteiger partial charge in [-0.1, -0.05) is 11.6 Å². The second-order valence-corrected chi connectivity index (χ2v) is 4.17. The number of amides is 1. The molecule has 0 atom stereocenters. The van der Waals surface area contributed by atoms with Gasteiger partial charge in [0.15, 0.2) is 5.84 Å². The molecule has 2 fully saturated rings. The van der Waals surface area contributed by atoms with E-state index in [4.69, 9.17) is 10.9 Å². The van der Waals surface area contributed by atoms with Gasteiger partial charge in [-0.15, -0.1) is 0 Å². The molecule has 0 radical (unpaired) electrons. The van der Waals surface area contributed by atoms with Gasteiger partial charge in [0, 0.05) is 6.04 Å². The fourth-order valence-electron chi connectivity index (χ4n) is 1.78. The topological polar surface area (TPSA) is 87.7 Å². The molecule has 0 unspecified atom stereocenters. The third-order valence-electron chi connectivity index (χ3n) is 3.15. The summed E-state index contributed by atoms with van der Waals surface area (Å²) in [4.78, 5) is 11.8. The fourth-order valence-corrected chi connectivity index (χ4v) is 1.78. The Bertz CT molecular complexity index is 280. The molecular formula is C9H15N3O2. The van der Waals surface area contributed by atoms with Crippen molar-refractivity contribution >= 4 is 11.7 Å². The summed E-state index contributed by atoms with van der Waals surface area (Å²) < 4.78 is 0. The maximum Gasteiger partial charge on any atom is 0.234 e. The smallest absolute Gasteiger partial charge is 0.234 e. The Morgan fingerprint density at radius 1 is 1.50 bits per heavy atom. The average molecular weight is 197 g/mol. The molecule has 14 heavy (non-hydrogen) atoms. The van der Waals surface area contributed by atoms with E-state index in [9.17, 15) is 4.79 Å². The zero-order chi connectivity index (χ0) is 10.2. The van der Waals surface area contributed by atoms with Gasteiger partial charge >= 0.3 is 0 Å². The number of nitrogens with one attached hydrogen (secondary N) is 1. The zero-order valence-electron chi connectivity index (χ0n) is 7.99. The monoisotopic (exact) mass is 197 g/mol. The molecule has 0 aliphatic heterocycles. The van der Waals surface area contributed by atoms with Crippen LogP contribution in [0.15, 0.2) is 5.16 Å². The lowest BCUT2D eigenvalue weighted by atomic mass is 9.67. The zero-order valence-corrected chi connectivity index (χ0v) is 7.99. The number of nitrogens with zero attached hydrogens (tertiary/aromatic N) is 1. The molecule has 0 heterocycles. The minimum atomic E-state index is -0.711. The summed E-state index contributed by atoms with van der Waals surface area (Å²) in [5, 5.41) is 14.5. The van der Waals surface area contributed by atoms with Gasteiger partial charge in [0.2, 0.25) is 5.91 Å². The Morgan fingerprint density at radius 2 is 2.14 bits per heavy atom. The highest BCUT2D eigenvalue weighted by Crippen LogP contribution is 2.42. The largest absolute Gasteiger partial charge is 0.409 e. The van der Waals surface area contributed by atoms with Gasteiger partial charge in [-0.2, -0.15) is 0 Å². The Labute approximate surface area is 82.3 Å². The fraction of sp³-hybridized carbons (Fsp3) is 0.778. The van der Waals surface area contributed by atoms with Crippen LogP contribution in [0.5, 0.6) is 0 Å². The van der Waals surface area contributed by atoms with Crippen molar-refractivity contribution in [1.29, 1.82) is 0 Å². The molecule has 2 aliphatic carbocycles. The number of nitrogens with two attached hydrogens (primary N) is 1. The molecule has 4 N–H and O–H groups in total. The maximum atomic E-state index is 11.8. The lowest BCUT2D eigenvalue weighted by molar-refractivity contribution is -0.131. The number of hydrogen-bond donors (Lipinski definition) is 3. The molecule has 0 spiro atoms. The van der Waals surface area contributed by atoms with Crippen molar-refractivity contribution in [2.45, 2.75) is 38.1 Å². The summed E-state index contributed by atoms with van der Waals surface area (Å²) in [5.41, 5.74) is 4.84. The van der Waals surface area contributed by atoms with Crippen LogP contribution in [0.25, 0.3) is 0 Å². The molecular weight excluding hydrogens is 182 g/mol. The van der Waals surface area contributed by atoms with Crippen LogP contribution in [0.3, 0.4) is 0 Å². The molecule has 0 aromatic heterocycles. The summed E-state index contributed by atoms with van der Waals surface area (Å²) in [6, 6.07) is 0.325. The summed E-state index contributed by atoms with van der Waals surface area (Å²) >= 11 is 0. The first-order chi connectivity index (χ1) is 6.69. The van der Waals surface area contributed by atoms with Crippen LogP contribution >= 0.6 is 0 Å². The third-order valence-corrected chi connectivity index (χ3v) is 3.15. The molecule has 2 rings (SSSR count). The Balaban J connectivity index is 2.06. The maximum absolute atomic E-state index is 11.8. The third kappa shape index (κ3) is 1.32. The highest BCUT2D eigenvalue weighted by atomic mass is 16.4. The van der Waals surface area contributed by atoms with Crippen molar-refractivity contribution in [2.24, 2.45) is 16.3 Å². The lowest BCUT2D eigenvalue weighted by Crippen LogP contribution is -2.54. The first-order valence-electron chi connectivity index (χ1n) is 4.98. The van der Waals surface area contributed by atoms with Crippen LogP contribution in [0, 0.1) is 5.41 Å². The highest BCUT2D eigenvalue weighted by molar-refractivity contribution is 6.07. The number of hydrogen-bond acceptors (Lipinski definition) is 3. The molecule has 0 saturated heterocycles.